The van der Waals surface area contributed by atoms with Gasteiger partial charge in [-0.3, -0.25) is 0 Å². The van der Waals surface area contributed by atoms with Gasteiger partial charge in [0.25, 0.3) is 0 Å². The van der Waals surface area contributed by atoms with Gasteiger partial charge in [0.2, 0.25) is 5.95 Å². The van der Waals surface area contributed by atoms with Crippen molar-refractivity contribution in [2.24, 2.45) is 0 Å². The van der Waals surface area contributed by atoms with Crippen LogP contribution in [0.25, 0.3) is 0 Å². The highest BCUT2D eigenvalue weighted by Crippen LogP contribution is 2.21. The van der Waals surface area contributed by atoms with Gasteiger partial charge in [-0.2, -0.15) is 4.98 Å². The molecule has 0 unspecified atom stereocenters. The van der Waals surface area contributed by atoms with Crippen molar-refractivity contribution < 1.29 is 9.50 Å². The fraction of sp³-hybridized carbons (Fsp3) is 0. The summed E-state index contributed by atoms with van der Waals surface area (Å²) in [6, 6.07) is 9.66. The van der Waals surface area contributed by atoms with Gasteiger partial charge in [-0.1, -0.05) is 17.7 Å². The highest BCUT2D eigenvalue weighted by atomic mass is 35.5. The fourth-order valence-electron chi connectivity index (χ4n) is 1.80. The maximum atomic E-state index is 13.8. The number of pyridine rings is 1. The van der Waals surface area contributed by atoms with Gasteiger partial charge >= 0.3 is 0 Å². The molecular weight excluding hydrogens is 321 g/mol. The Labute approximate surface area is 136 Å². The van der Waals surface area contributed by atoms with Crippen molar-refractivity contribution in [2.75, 3.05) is 10.6 Å². The number of benzene rings is 1. The highest BCUT2D eigenvalue weighted by Gasteiger charge is 2.08. The number of hydrogen-bond acceptors (Lipinski definition) is 6. The lowest BCUT2D eigenvalue weighted by Crippen LogP contribution is -2.04. The monoisotopic (exact) mass is 331 g/mol. The third-order valence-corrected chi connectivity index (χ3v) is 3.04. The molecule has 3 N–H and O–H groups in total. The topological polar surface area (TPSA) is 83.0 Å². The lowest BCUT2D eigenvalue weighted by atomic mass is 10.3. The Morgan fingerprint density at radius 3 is 2.65 bits per heavy atom. The summed E-state index contributed by atoms with van der Waals surface area (Å²) >= 11 is 5.75. The van der Waals surface area contributed by atoms with Crippen LogP contribution in [0.3, 0.4) is 0 Å². The van der Waals surface area contributed by atoms with E-state index < -0.39 is 5.82 Å². The number of aromatic hydroxyl groups is 1. The molecule has 2 heterocycles. The zero-order chi connectivity index (χ0) is 16.2. The van der Waals surface area contributed by atoms with E-state index in [2.05, 4.69) is 25.6 Å². The number of phenolic OH excluding ortho intramolecular Hbond substituents is 1. The van der Waals surface area contributed by atoms with E-state index in [9.17, 15) is 9.50 Å². The molecule has 8 heteroatoms. The number of rotatable bonds is 4. The molecule has 116 valence electrons. The second kappa shape index (κ2) is 6.45. The second-order valence-electron chi connectivity index (χ2n) is 4.55. The van der Waals surface area contributed by atoms with E-state index in [0.29, 0.717) is 16.5 Å². The van der Waals surface area contributed by atoms with Crippen molar-refractivity contribution in [1.29, 1.82) is 0 Å². The van der Waals surface area contributed by atoms with Crippen molar-refractivity contribution in [3.63, 3.8) is 0 Å². The lowest BCUT2D eigenvalue weighted by Gasteiger charge is -2.09. The first-order chi connectivity index (χ1) is 11.1. The van der Waals surface area contributed by atoms with E-state index in [1.165, 1.54) is 18.3 Å². The molecule has 0 aliphatic carbocycles. The molecule has 3 aromatic rings. The molecule has 0 amide bonds. The molecule has 0 atom stereocenters. The minimum atomic E-state index is -0.622. The zero-order valence-electron chi connectivity index (χ0n) is 11.7. The molecule has 0 bridgehead atoms. The van der Waals surface area contributed by atoms with Crippen LogP contribution < -0.4 is 10.6 Å². The first kappa shape index (κ1) is 15.0. The smallest absolute Gasteiger partial charge is 0.229 e. The Balaban J connectivity index is 1.82. The van der Waals surface area contributed by atoms with E-state index in [1.54, 1.807) is 24.3 Å². The molecule has 23 heavy (non-hydrogen) atoms. The van der Waals surface area contributed by atoms with E-state index in [1.807, 2.05) is 0 Å². The van der Waals surface area contributed by atoms with Crippen molar-refractivity contribution in [1.82, 2.24) is 15.0 Å². The average Bonchev–Trinajstić information content (AvgIpc) is 2.53. The van der Waals surface area contributed by atoms with Crippen LogP contribution in [0.2, 0.25) is 5.02 Å². The number of phenols is 1. The van der Waals surface area contributed by atoms with Crippen LogP contribution in [0, 0.1) is 5.82 Å². The van der Waals surface area contributed by atoms with Crippen molar-refractivity contribution >= 4 is 34.9 Å². The normalized spacial score (nSPS) is 10.3. The number of hydrogen-bond donors (Lipinski definition) is 3. The van der Waals surface area contributed by atoms with Crippen LogP contribution in [0.4, 0.5) is 27.7 Å². The Hall–Kier alpha value is -2.93. The van der Waals surface area contributed by atoms with Gasteiger partial charge < -0.3 is 15.7 Å². The van der Waals surface area contributed by atoms with Gasteiger partial charge in [0.15, 0.2) is 11.6 Å². The first-order valence-corrected chi connectivity index (χ1v) is 6.95. The SMILES string of the molecule is Oc1cccc(Nc2ncc(F)c(Nc3ccc(Cl)cn3)n2)c1. The highest BCUT2D eigenvalue weighted by molar-refractivity contribution is 6.30. The standard InChI is InChI=1S/C15H11ClFN5O/c16-9-4-5-13(18-7-9)21-14-12(17)8-19-15(22-14)20-10-2-1-3-11(23)6-10/h1-8,23H,(H2,18,19,20,21,22). The van der Waals surface area contributed by atoms with Gasteiger partial charge in [-0.25, -0.2) is 14.4 Å². The number of anilines is 4. The first-order valence-electron chi connectivity index (χ1n) is 6.57. The van der Waals surface area contributed by atoms with Crippen molar-refractivity contribution in [3.05, 3.63) is 59.6 Å². The lowest BCUT2D eigenvalue weighted by molar-refractivity contribution is 0.475. The number of nitrogens with zero attached hydrogens (tertiary/aromatic N) is 3. The van der Waals surface area contributed by atoms with Crippen molar-refractivity contribution in [3.8, 4) is 5.75 Å². The second-order valence-corrected chi connectivity index (χ2v) is 4.99. The Kier molecular flexibility index (Phi) is 4.20. The molecule has 0 radical (unpaired) electrons. The third-order valence-electron chi connectivity index (χ3n) is 2.82. The summed E-state index contributed by atoms with van der Waals surface area (Å²) < 4.78 is 13.8. The Morgan fingerprint density at radius 2 is 1.91 bits per heavy atom. The number of nitrogens with one attached hydrogen (secondary N) is 2. The molecule has 6 nitrogen and oxygen atoms in total. The van der Waals surface area contributed by atoms with Gasteiger partial charge in [0.1, 0.15) is 11.6 Å². The summed E-state index contributed by atoms with van der Waals surface area (Å²) in [6.07, 6.45) is 2.48. The van der Waals surface area contributed by atoms with E-state index >= 15 is 0 Å². The molecule has 0 aliphatic heterocycles. The van der Waals surface area contributed by atoms with Crippen LogP contribution in [0.1, 0.15) is 0 Å². The van der Waals surface area contributed by atoms with Crippen molar-refractivity contribution in [2.45, 2.75) is 0 Å². The zero-order valence-corrected chi connectivity index (χ0v) is 12.4. The van der Waals surface area contributed by atoms with Crippen LogP contribution in [0.15, 0.2) is 48.8 Å². The molecule has 2 aromatic heterocycles. The van der Waals surface area contributed by atoms with E-state index in [-0.39, 0.29) is 17.5 Å². The third kappa shape index (κ3) is 3.83. The molecule has 0 fully saturated rings. The van der Waals surface area contributed by atoms with Gasteiger partial charge in [-0.05, 0) is 24.3 Å². The minimum absolute atomic E-state index is 0.0301. The maximum Gasteiger partial charge on any atom is 0.229 e. The molecule has 0 spiro atoms. The molecule has 0 aliphatic rings. The summed E-state index contributed by atoms with van der Waals surface area (Å²) in [6.45, 7) is 0. The van der Waals surface area contributed by atoms with Crippen LogP contribution in [0.5, 0.6) is 5.75 Å². The molecule has 3 rings (SSSR count). The van der Waals surface area contributed by atoms with Gasteiger partial charge in [0, 0.05) is 18.0 Å². The fourth-order valence-corrected chi connectivity index (χ4v) is 1.91. The molecular formula is C15H11ClFN5O. The van der Waals surface area contributed by atoms with Crippen LogP contribution in [-0.2, 0) is 0 Å². The van der Waals surface area contributed by atoms with Gasteiger partial charge in [0.05, 0.1) is 11.2 Å². The average molecular weight is 332 g/mol. The van der Waals surface area contributed by atoms with E-state index in [0.717, 1.165) is 6.20 Å². The summed E-state index contributed by atoms with van der Waals surface area (Å²) in [5, 5.41) is 15.5. The summed E-state index contributed by atoms with van der Waals surface area (Å²) in [5.41, 5.74) is 0.576. The largest absolute Gasteiger partial charge is 0.508 e. The van der Waals surface area contributed by atoms with E-state index in [4.69, 9.17) is 11.6 Å². The summed E-state index contributed by atoms with van der Waals surface area (Å²) in [7, 11) is 0. The quantitative estimate of drug-likeness (QED) is 0.673. The van der Waals surface area contributed by atoms with Gasteiger partial charge in [-0.15, -0.1) is 0 Å². The summed E-state index contributed by atoms with van der Waals surface area (Å²) in [5.74, 6) is 0.0188. The van der Waals surface area contributed by atoms with Crippen LogP contribution in [-0.4, -0.2) is 20.1 Å². The predicted octanol–water partition coefficient (Wildman–Crippen LogP) is 3.86. The molecule has 0 saturated carbocycles. The minimum Gasteiger partial charge on any atom is -0.508 e. The number of halogens is 2. The summed E-state index contributed by atoms with van der Waals surface area (Å²) in [4.78, 5) is 11.9. The van der Waals surface area contributed by atoms with Crippen LogP contribution >= 0.6 is 11.6 Å². The Morgan fingerprint density at radius 1 is 1.04 bits per heavy atom. The molecule has 0 saturated heterocycles. The number of aromatic nitrogens is 3. The maximum absolute atomic E-state index is 13.8. The molecule has 1 aromatic carbocycles. The Bertz CT molecular complexity index is 828. The predicted molar refractivity (Wildman–Crippen MR) is 85.9 cm³/mol.